The van der Waals surface area contributed by atoms with Crippen LogP contribution < -0.4 is 0 Å². The zero-order valence-corrected chi connectivity index (χ0v) is 13.7. The molecule has 3 rings (SSSR count). The molecule has 1 aromatic carbocycles. The maximum atomic E-state index is 12.7. The van der Waals surface area contributed by atoms with Crippen molar-refractivity contribution in [1.29, 1.82) is 5.26 Å². The molecule has 2 aromatic rings. The fourth-order valence-electron chi connectivity index (χ4n) is 3.03. The number of hydrogen-bond acceptors (Lipinski definition) is 5. The van der Waals surface area contributed by atoms with Crippen LogP contribution in [0.15, 0.2) is 28.8 Å². The standard InChI is InChI=1S/C18H20N4O2/c1-2-5-16-20-17(24-21-16)15-8-4-9-22(12-15)18(23)14-7-3-6-13(10-14)11-19/h3,6-7,10,15H,2,4-5,8-9,12H2,1H3/t15-/m1/s1. The minimum Gasteiger partial charge on any atom is -0.339 e. The summed E-state index contributed by atoms with van der Waals surface area (Å²) in [5, 5.41) is 13.0. The lowest BCUT2D eigenvalue weighted by molar-refractivity contribution is 0.0695. The van der Waals surface area contributed by atoms with Gasteiger partial charge in [0.2, 0.25) is 5.89 Å². The number of aromatic nitrogens is 2. The van der Waals surface area contributed by atoms with Crippen LogP contribution in [0.5, 0.6) is 0 Å². The predicted molar refractivity (Wildman–Crippen MR) is 87.3 cm³/mol. The first-order valence-corrected chi connectivity index (χ1v) is 8.33. The molecule has 24 heavy (non-hydrogen) atoms. The van der Waals surface area contributed by atoms with E-state index in [-0.39, 0.29) is 11.8 Å². The minimum atomic E-state index is -0.0508. The highest BCUT2D eigenvalue weighted by atomic mass is 16.5. The van der Waals surface area contributed by atoms with Gasteiger partial charge in [-0.15, -0.1) is 0 Å². The van der Waals surface area contributed by atoms with E-state index in [0.29, 0.717) is 30.1 Å². The van der Waals surface area contributed by atoms with E-state index in [4.69, 9.17) is 9.78 Å². The zero-order valence-electron chi connectivity index (χ0n) is 13.7. The number of carbonyl (C=O) groups excluding carboxylic acids is 1. The Morgan fingerprint density at radius 2 is 2.38 bits per heavy atom. The second-order valence-corrected chi connectivity index (χ2v) is 6.08. The number of nitrogens with zero attached hydrogens (tertiary/aromatic N) is 4. The molecule has 1 atom stereocenters. The SMILES string of the molecule is CCCc1noc([C@@H]2CCCN(C(=O)c3cccc(C#N)c3)C2)n1. The third kappa shape index (κ3) is 3.46. The number of nitriles is 1. The molecular formula is C18H20N4O2. The number of hydrogen-bond donors (Lipinski definition) is 0. The number of rotatable bonds is 4. The molecule has 0 N–H and O–H groups in total. The Hall–Kier alpha value is -2.68. The van der Waals surface area contributed by atoms with Crippen molar-refractivity contribution in [2.45, 2.75) is 38.5 Å². The topological polar surface area (TPSA) is 83.0 Å². The molecular weight excluding hydrogens is 304 g/mol. The van der Waals surface area contributed by atoms with Crippen LogP contribution in [-0.2, 0) is 6.42 Å². The molecule has 6 nitrogen and oxygen atoms in total. The van der Waals surface area contributed by atoms with Crippen LogP contribution in [0.2, 0.25) is 0 Å². The maximum Gasteiger partial charge on any atom is 0.253 e. The molecule has 1 fully saturated rings. The summed E-state index contributed by atoms with van der Waals surface area (Å²) in [6.45, 7) is 3.36. The van der Waals surface area contributed by atoms with Gasteiger partial charge in [-0.25, -0.2) is 0 Å². The average molecular weight is 324 g/mol. The summed E-state index contributed by atoms with van der Waals surface area (Å²) in [4.78, 5) is 19.0. The van der Waals surface area contributed by atoms with E-state index in [9.17, 15) is 4.79 Å². The number of aryl methyl sites for hydroxylation is 1. The monoisotopic (exact) mass is 324 g/mol. The highest BCUT2D eigenvalue weighted by Crippen LogP contribution is 2.27. The van der Waals surface area contributed by atoms with Crippen molar-refractivity contribution < 1.29 is 9.32 Å². The molecule has 1 aromatic heterocycles. The van der Waals surface area contributed by atoms with Gasteiger partial charge in [-0.3, -0.25) is 4.79 Å². The van der Waals surface area contributed by atoms with Crippen molar-refractivity contribution in [3.8, 4) is 6.07 Å². The van der Waals surface area contributed by atoms with Gasteiger partial charge >= 0.3 is 0 Å². The molecule has 6 heteroatoms. The van der Waals surface area contributed by atoms with Crippen LogP contribution >= 0.6 is 0 Å². The number of benzene rings is 1. The molecule has 0 saturated carbocycles. The smallest absolute Gasteiger partial charge is 0.253 e. The lowest BCUT2D eigenvalue weighted by Crippen LogP contribution is -2.39. The maximum absolute atomic E-state index is 12.7. The number of carbonyl (C=O) groups is 1. The van der Waals surface area contributed by atoms with Crippen LogP contribution in [-0.4, -0.2) is 34.0 Å². The zero-order chi connectivity index (χ0) is 16.9. The summed E-state index contributed by atoms with van der Waals surface area (Å²) in [5.74, 6) is 1.39. The summed E-state index contributed by atoms with van der Waals surface area (Å²) in [7, 11) is 0. The van der Waals surface area contributed by atoms with Crippen LogP contribution in [0, 0.1) is 11.3 Å². The molecule has 0 spiro atoms. The van der Waals surface area contributed by atoms with E-state index in [1.807, 2.05) is 4.90 Å². The third-order valence-electron chi connectivity index (χ3n) is 4.25. The Kier molecular flexibility index (Phi) is 4.90. The van der Waals surface area contributed by atoms with Crippen molar-refractivity contribution in [2.24, 2.45) is 0 Å². The van der Waals surface area contributed by atoms with Crippen molar-refractivity contribution >= 4 is 5.91 Å². The van der Waals surface area contributed by atoms with Gasteiger partial charge in [0.15, 0.2) is 5.82 Å². The largest absolute Gasteiger partial charge is 0.339 e. The average Bonchev–Trinajstić information content (AvgIpc) is 3.10. The van der Waals surface area contributed by atoms with Gasteiger partial charge < -0.3 is 9.42 Å². The highest BCUT2D eigenvalue weighted by molar-refractivity contribution is 5.94. The molecule has 1 aliphatic rings. The van der Waals surface area contributed by atoms with E-state index >= 15 is 0 Å². The molecule has 0 unspecified atom stereocenters. The first-order chi connectivity index (χ1) is 11.7. The second kappa shape index (κ2) is 7.26. The Morgan fingerprint density at radius 1 is 1.50 bits per heavy atom. The highest BCUT2D eigenvalue weighted by Gasteiger charge is 2.29. The molecule has 1 saturated heterocycles. The van der Waals surface area contributed by atoms with Gasteiger partial charge in [0.05, 0.1) is 17.6 Å². The van der Waals surface area contributed by atoms with Gasteiger partial charge in [0, 0.05) is 25.1 Å². The normalized spacial score (nSPS) is 17.5. The van der Waals surface area contributed by atoms with Crippen molar-refractivity contribution in [3.05, 3.63) is 47.1 Å². The number of likely N-dealkylation sites (tertiary alicyclic amines) is 1. The fourth-order valence-corrected chi connectivity index (χ4v) is 3.03. The van der Waals surface area contributed by atoms with Gasteiger partial charge in [-0.2, -0.15) is 10.2 Å². The van der Waals surface area contributed by atoms with E-state index < -0.39 is 0 Å². The number of piperidine rings is 1. The quantitative estimate of drug-likeness (QED) is 0.863. The van der Waals surface area contributed by atoms with Gasteiger partial charge in [0.1, 0.15) is 0 Å². The molecule has 1 amide bonds. The van der Waals surface area contributed by atoms with E-state index in [1.54, 1.807) is 24.3 Å². The Bertz CT molecular complexity index is 762. The second-order valence-electron chi connectivity index (χ2n) is 6.08. The molecule has 0 bridgehead atoms. The van der Waals surface area contributed by atoms with E-state index in [2.05, 4.69) is 23.1 Å². The van der Waals surface area contributed by atoms with Crippen LogP contribution in [0.25, 0.3) is 0 Å². The molecule has 1 aliphatic heterocycles. The summed E-state index contributed by atoms with van der Waals surface area (Å²) in [6.07, 6.45) is 3.62. The van der Waals surface area contributed by atoms with Crippen LogP contribution in [0.4, 0.5) is 0 Å². The first kappa shape index (κ1) is 16.2. The Labute approximate surface area is 141 Å². The lowest BCUT2D eigenvalue weighted by atomic mass is 9.97. The van der Waals surface area contributed by atoms with Gasteiger partial charge in [0.25, 0.3) is 5.91 Å². The summed E-state index contributed by atoms with van der Waals surface area (Å²) < 4.78 is 5.38. The van der Waals surface area contributed by atoms with E-state index in [0.717, 1.165) is 31.5 Å². The van der Waals surface area contributed by atoms with Crippen molar-refractivity contribution in [3.63, 3.8) is 0 Å². The summed E-state index contributed by atoms with van der Waals surface area (Å²) in [5.41, 5.74) is 1.04. The fraction of sp³-hybridized carbons (Fsp3) is 0.444. The lowest BCUT2D eigenvalue weighted by Gasteiger charge is -2.31. The summed E-state index contributed by atoms with van der Waals surface area (Å²) in [6, 6.07) is 8.89. The van der Waals surface area contributed by atoms with Gasteiger partial charge in [-0.1, -0.05) is 18.1 Å². The van der Waals surface area contributed by atoms with Crippen LogP contribution in [0.1, 0.15) is 59.7 Å². The minimum absolute atomic E-state index is 0.0508. The number of amides is 1. The third-order valence-corrected chi connectivity index (χ3v) is 4.25. The molecule has 0 radical (unpaired) electrons. The molecule has 2 heterocycles. The Balaban J connectivity index is 1.72. The first-order valence-electron chi connectivity index (χ1n) is 8.33. The van der Waals surface area contributed by atoms with Crippen molar-refractivity contribution in [1.82, 2.24) is 15.0 Å². The van der Waals surface area contributed by atoms with Crippen LogP contribution in [0.3, 0.4) is 0 Å². The molecule has 124 valence electrons. The van der Waals surface area contributed by atoms with E-state index in [1.165, 1.54) is 0 Å². The Morgan fingerprint density at radius 3 is 3.17 bits per heavy atom. The van der Waals surface area contributed by atoms with Gasteiger partial charge in [-0.05, 0) is 37.5 Å². The summed E-state index contributed by atoms with van der Waals surface area (Å²) >= 11 is 0. The molecule has 0 aliphatic carbocycles. The predicted octanol–water partition coefficient (Wildman–Crippen LogP) is 2.91. The van der Waals surface area contributed by atoms with Crippen molar-refractivity contribution in [2.75, 3.05) is 13.1 Å².